The van der Waals surface area contributed by atoms with E-state index in [1.807, 2.05) is 12.1 Å². The van der Waals surface area contributed by atoms with E-state index in [2.05, 4.69) is 11.4 Å². The van der Waals surface area contributed by atoms with E-state index in [1.165, 1.54) is 18.4 Å². The van der Waals surface area contributed by atoms with Crippen LogP contribution in [0, 0.1) is 5.92 Å². The van der Waals surface area contributed by atoms with Crippen LogP contribution in [-0.4, -0.2) is 34.0 Å². The van der Waals surface area contributed by atoms with Crippen LogP contribution in [-0.2, 0) is 11.3 Å². The predicted molar refractivity (Wildman–Crippen MR) is 74.8 cm³/mol. The summed E-state index contributed by atoms with van der Waals surface area (Å²) in [6, 6.07) is 6.03. The Labute approximate surface area is 115 Å². The Hall–Kier alpha value is -1.26. The molecule has 0 spiro atoms. The fourth-order valence-electron chi connectivity index (χ4n) is 2.34. The number of methoxy groups -OCH3 is 2. The maximum Gasteiger partial charge on any atom is 0.161 e. The number of ether oxygens (including phenoxy) is 3. The molecule has 1 aliphatic rings. The first-order chi connectivity index (χ1) is 9.33. The minimum absolute atomic E-state index is 0.734. The summed E-state index contributed by atoms with van der Waals surface area (Å²) in [7, 11) is 3.31. The highest BCUT2D eigenvalue weighted by atomic mass is 16.5. The second-order valence-electron chi connectivity index (χ2n) is 4.88. The van der Waals surface area contributed by atoms with Crippen molar-refractivity contribution < 1.29 is 14.2 Å². The Kier molecular flexibility index (Phi) is 5.48. The normalized spacial score (nSPS) is 18.5. The molecule has 1 saturated heterocycles. The molecule has 19 heavy (non-hydrogen) atoms. The van der Waals surface area contributed by atoms with Crippen molar-refractivity contribution in [3.05, 3.63) is 23.8 Å². The lowest BCUT2D eigenvalue weighted by atomic mass is 10.1. The SMILES string of the molecule is COc1ccc(CNCCC2CCOC2)cc1OC. The van der Waals surface area contributed by atoms with Gasteiger partial charge in [0.2, 0.25) is 0 Å². The molecule has 0 aromatic heterocycles. The van der Waals surface area contributed by atoms with Crippen molar-refractivity contribution >= 4 is 0 Å². The molecule has 1 atom stereocenters. The maximum absolute atomic E-state index is 5.37. The van der Waals surface area contributed by atoms with E-state index in [-0.39, 0.29) is 0 Å². The van der Waals surface area contributed by atoms with Gasteiger partial charge in [0.15, 0.2) is 11.5 Å². The Bertz CT molecular complexity index is 389. The lowest BCUT2D eigenvalue weighted by Gasteiger charge is -2.11. The smallest absolute Gasteiger partial charge is 0.161 e. The van der Waals surface area contributed by atoms with Crippen LogP contribution < -0.4 is 14.8 Å². The van der Waals surface area contributed by atoms with Crippen LogP contribution in [0.25, 0.3) is 0 Å². The summed E-state index contributed by atoms with van der Waals surface area (Å²) in [5.41, 5.74) is 1.21. The van der Waals surface area contributed by atoms with Crippen molar-refractivity contribution in [1.29, 1.82) is 0 Å². The molecule has 1 aromatic carbocycles. The summed E-state index contributed by atoms with van der Waals surface area (Å²) in [5.74, 6) is 2.29. The monoisotopic (exact) mass is 265 g/mol. The lowest BCUT2D eigenvalue weighted by Crippen LogP contribution is -2.18. The minimum atomic E-state index is 0.734. The van der Waals surface area contributed by atoms with Gasteiger partial charge in [-0.3, -0.25) is 0 Å². The van der Waals surface area contributed by atoms with Crippen LogP contribution >= 0.6 is 0 Å². The molecular weight excluding hydrogens is 242 g/mol. The maximum atomic E-state index is 5.37. The molecule has 106 valence electrons. The van der Waals surface area contributed by atoms with E-state index in [0.29, 0.717) is 0 Å². The van der Waals surface area contributed by atoms with Crippen LogP contribution in [0.1, 0.15) is 18.4 Å². The van der Waals surface area contributed by atoms with Gasteiger partial charge in [0, 0.05) is 19.8 Å². The molecule has 1 fully saturated rings. The van der Waals surface area contributed by atoms with Gasteiger partial charge in [-0.15, -0.1) is 0 Å². The number of hydrogen-bond donors (Lipinski definition) is 1. The van der Waals surface area contributed by atoms with Crippen molar-refractivity contribution in [1.82, 2.24) is 5.32 Å². The van der Waals surface area contributed by atoms with Crippen LogP contribution in [0.15, 0.2) is 18.2 Å². The number of benzene rings is 1. The van der Waals surface area contributed by atoms with Gasteiger partial charge in [-0.05, 0) is 43.0 Å². The van der Waals surface area contributed by atoms with Crippen molar-refractivity contribution in [2.24, 2.45) is 5.92 Å². The molecule has 1 heterocycles. The molecule has 0 aliphatic carbocycles. The van der Waals surface area contributed by atoms with Crippen LogP contribution in [0.3, 0.4) is 0 Å². The average molecular weight is 265 g/mol. The fraction of sp³-hybridized carbons (Fsp3) is 0.600. The van der Waals surface area contributed by atoms with E-state index in [9.17, 15) is 0 Å². The second kappa shape index (κ2) is 7.36. The van der Waals surface area contributed by atoms with Crippen molar-refractivity contribution in [2.75, 3.05) is 34.0 Å². The number of nitrogens with one attached hydrogen (secondary N) is 1. The Morgan fingerprint density at radius 2 is 2.11 bits per heavy atom. The molecule has 1 N–H and O–H groups in total. The van der Waals surface area contributed by atoms with Gasteiger partial charge >= 0.3 is 0 Å². The summed E-state index contributed by atoms with van der Waals surface area (Å²) in [5, 5.41) is 3.47. The average Bonchev–Trinajstić information content (AvgIpc) is 2.96. The van der Waals surface area contributed by atoms with Crippen molar-refractivity contribution in [3.63, 3.8) is 0 Å². The van der Waals surface area contributed by atoms with E-state index < -0.39 is 0 Å². The minimum Gasteiger partial charge on any atom is -0.493 e. The third-order valence-corrected chi connectivity index (χ3v) is 3.53. The summed E-state index contributed by atoms with van der Waals surface area (Å²) in [4.78, 5) is 0. The molecule has 0 radical (unpaired) electrons. The largest absolute Gasteiger partial charge is 0.493 e. The first-order valence-corrected chi connectivity index (χ1v) is 6.83. The molecule has 1 aromatic rings. The highest BCUT2D eigenvalue weighted by Gasteiger charge is 2.14. The molecule has 1 aliphatic heterocycles. The van der Waals surface area contributed by atoms with Gasteiger partial charge in [-0.25, -0.2) is 0 Å². The van der Waals surface area contributed by atoms with Crippen LogP contribution in [0.4, 0.5) is 0 Å². The first kappa shape index (κ1) is 14.2. The molecule has 1 unspecified atom stereocenters. The zero-order chi connectivity index (χ0) is 13.5. The third-order valence-electron chi connectivity index (χ3n) is 3.53. The van der Waals surface area contributed by atoms with Gasteiger partial charge in [0.05, 0.1) is 14.2 Å². The topological polar surface area (TPSA) is 39.7 Å². The molecule has 0 saturated carbocycles. The second-order valence-corrected chi connectivity index (χ2v) is 4.88. The van der Waals surface area contributed by atoms with Crippen molar-refractivity contribution in [3.8, 4) is 11.5 Å². The standard InChI is InChI=1S/C15H23NO3/c1-17-14-4-3-13(9-15(14)18-2)10-16-7-5-12-6-8-19-11-12/h3-4,9,12,16H,5-8,10-11H2,1-2H3. The van der Waals surface area contributed by atoms with Crippen molar-refractivity contribution in [2.45, 2.75) is 19.4 Å². The highest BCUT2D eigenvalue weighted by molar-refractivity contribution is 5.42. The van der Waals surface area contributed by atoms with Crippen LogP contribution in [0.5, 0.6) is 11.5 Å². The molecule has 0 amide bonds. The fourth-order valence-corrected chi connectivity index (χ4v) is 2.34. The summed E-state index contributed by atoms with van der Waals surface area (Å²) in [6.07, 6.45) is 2.39. The molecule has 2 rings (SSSR count). The quantitative estimate of drug-likeness (QED) is 0.767. The zero-order valence-corrected chi connectivity index (χ0v) is 11.8. The zero-order valence-electron chi connectivity index (χ0n) is 11.8. The summed E-state index contributed by atoms with van der Waals surface area (Å²) in [6.45, 7) is 3.74. The van der Waals surface area contributed by atoms with Gasteiger partial charge in [0.25, 0.3) is 0 Å². The number of rotatable bonds is 7. The Balaban J connectivity index is 1.75. The molecule has 0 bridgehead atoms. The Morgan fingerprint density at radius 1 is 1.26 bits per heavy atom. The van der Waals surface area contributed by atoms with Gasteiger partial charge in [-0.1, -0.05) is 6.07 Å². The summed E-state index contributed by atoms with van der Waals surface area (Å²) < 4.78 is 15.9. The predicted octanol–water partition coefficient (Wildman–Crippen LogP) is 2.22. The van der Waals surface area contributed by atoms with Gasteiger partial charge in [-0.2, -0.15) is 0 Å². The molecule has 4 heteroatoms. The van der Waals surface area contributed by atoms with Gasteiger partial charge < -0.3 is 19.5 Å². The van der Waals surface area contributed by atoms with E-state index in [1.54, 1.807) is 14.2 Å². The first-order valence-electron chi connectivity index (χ1n) is 6.83. The lowest BCUT2D eigenvalue weighted by molar-refractivity contribution is 0.184. The number of hydrogen-bond acceptors (Lipinski definition) is 4. The van der Waals surface area contributed by atoms with Gasteiger partial charge in [0.1, 0.15) is 0 Å². The van der Waals surface area contributed by atoms with E-state index in [0.717, 1.165) is 43.7 Å². The van der Waals surface area contributed by atoms with E-state index >= 15 is 0 Å². The van der Waals surface area contributed by atoms with Crippen LogP contribution in [0.2, 0.25) is 0 Å². The third kappa shape index (κ3) is 4.11. The Morgan fingerprint density at radius 3 is 2.79 bits per heavy atom. The summed E-state index contributed by atoms with van der Waals surface area (Å²) >= 11 is 0. The van der Waals surface area contributed by atoms with E-state index in [4.69, 9.17) is 14.2 Å². The molecular formula is C15H23NO3. The highest BCUT2D eigenvalue weighted by Crippen LogP contribution is 2.27. The molecule has 4 nitrogen and oxygen atoms in total.